The summed E-state index contributed by atoms with van der Waals surface area (Å²) in [6.45, 7) is 5.50. The van der Waals surface area contributed by atoms with Gasteiger partial charge < -0.3 is 4.74 Å². The molecule has 1 nitrogen and oxygen atoms in total. The number of hydrogen-bond acceptors (Lipinski definition) is 1. The van der Waals surface area contributed by atoms with E-state index in [9.17, 15) is 0 Å². The maximum absolute atomic E-state index is 6.02. The second-order valence-corrected chi connectivity index (χ2v) is 7.65. The van der Waals surface area contributed by atoms with Crippen molar-refractivity contribution in [1.29, 1.82) is 0 Å². The molecular weight excluding hydrogens is 268 g/mol. The molecule has 2 saturated carbocycles. The van der Waals surface area contributed by atoms with Crippen LogP contribution in [0.25, 0.3) is 0 Å². The summed E-state index contributed by atoms with van der Waals surface area (Å²) in [6, 6.07) is 0. The van der Waals surface area contributed by atoms with Gasteiger partial charge in [0.25, 0.3) is 0 Å². The average Bonchev–Trinajstić information content (AvgIpc) is 2.57. The summed E-state index contributed by atoms with van der Waals surface area (Å²) < 4.78 is 6.02. The molecule has 2 aliphatic rings. The number of allylic oxidation sites excluding steroid dienone is 2. The second kappa shape index (κ2) is 10.5. The lowest BCUT2D eigenvalue weighted by atomic mass is 9.70. The molecule has 2 aliphatic carbocycles. The zero-order chi connectivity index (χ0) is 15.6. The highest BCUT2D eigenvalue weighted by Crippen LogP contribution is 2.40. The van der Waals surface area contributed by atoms with Crippen LogP contribution in [0.5, 0.6) is 0 Å². The van der Waals surface area contributed by atoms with E-state index in [0.29, 0.717) is 6.10 Å². The maximum Gasteiger partial charge on any atom is 0.0575 e. The summed E-state index contributed by atoms with van der Waals surface area (Å²) in [4.78, 5) is 0. The largest absolute Gasteiger partial charge is 0.378 e. The van der Waals surface area contributed by atoms with E-state index in [2.05, 4.69) is 26.0 Å². The molecule has 2 rings (SSSR count). The van der Waals surface area contributed by atoms with Crippen molar-refractivity contribution < 1.29 is 4.74 Å². The first-order valence-corrected chi connectivity index (χ1v) is 10.1. The molecule has 0 amide bonds. The van der Waals surface area contributed by atoms with Crippen molar-refractivity contribution in [2.75, 3.05) is 6.61 Å². The summed E-state index contributed by atoms with van der Waals surface area (Å²) >= 11 is 0. The van der Waals surface area contributed by atoms with E-state index in [4.69, 9.17) is 4.74 Å². The molecule has 1 heteroatoms. The molecule has 0 spiro atoms. The number of ether oxygens (including phenoxy) is 1. The minimum Gasteiger partial charge on any atom is -0.378 e. The second-order valence-electron chi connectivity index (χ2n) is 7.65. The van der Waals surface area contributed by atoms with Crippen LogP contribution in [0.2, 0.25) is 0 Å². The molecular formula is C21H38O. The van der Waals surface area contributed by atoms with Gasteiger partial charge in [-0.15, -0.1) is 0 Å². The van der Waals surface area contributed by atoms with Gasteiger partial charge >= 0.3 is 0 Å². The van der Waals surface area contributed by atoms with Crippen LogP contribution in [0.15, 0.2) is 12.2 Å². The first-order valence-electron chi connectivity index (χ1n) is 10.1. The predicted octanol–water partition coefficient (Wildman–Crippen LogP) is 6.52. The Morgan fingerprint density at radius 1 is 0.818 bits per heavy atom. The first-order chi connectivity index (χ1) is 10.8. The van der Waals surface area contributed by atoms with Crippen LogP contribution in [-0.2, 0) is 4.74 Å². The molecule has 0 aliphatic heterocycles. The standard InChI is InChI=1S/C21H38O/c1-3-5-7-8-18-9-11-19(12-10-18)20-13-15-21(16-14-20)22-17-6-4-2/h7-8,18-21H,3-6,9-17H2,1-2H3/b8-7+/t18-,19-,20-,21-. The Kier molecular flexibility index (Phi) is 8.59. The van der Waals surface area contributed by atoms with Gasteiger partial charge in [-0.1, -0.05) is 38.8 Å². The molecule has 0 heterocycles. The molecule has 0 unspecified atom stereocenters. The van der Waals surface area contributed by atoms with Crippen LogP contribution >= 0.6 is 0 Å². The van der Waals surface area contributed by atoms with Gasteiger partial charge in [0, 0.05) is 6.61 Å². The van der Waals surface area contributed by atoms with E-state index in [0.717, 1.165) is 24.4 Å². The first kappa shape index (κ1) is 18.0. The predicted molar refractivity (Wildman–Crippen MR) is 96.1 cm³/mol. The van der Waals surface area contributed by atoms with Gasteiger partial charge in [0.1, 0.15) is 0 Å². The molecule has 2 fully saturated rings. The van der Waals surface area contributed by atoms with Gasteiger partial charge in [-0.2, -0.15) is 0 Å². The average molecular weight is 307 g/mol. The summed E-state index contributed by atoms with van der Waals surface area (Å²) in [5.74, 6) is 2.91. The quantitative estimate of drug-likeness (QED) is 0.366. The summed E-state index contributed by atoms with van der Waals surface area (Å²) in [5, 5.41) is 0. The van der Waals surface area contributed by atoms with Gasteiger partial charge in [-0.25, -0.2) is 0 Å². The Morgan fingerprint density at radius 2 is 1.45 bits per heavy atom. The summed E-state index contributed by atoms with van der Waals surface area (Å²) in [5.41, 5.74) is 0. The smallest absolute Gasteiger partial charge is 0.0575 e. The third kappa shape index (κ3) is 6.07. The van der Waals surface area contributed by atoms with Gasteiger partial charge in [0.2, 0.25) is 0 Å². The zero-order valence-corrected chi connectivity index (χ0v) is 15.1. The number of rotatable bonds is 8. The summed E-state index contributed by atoms with van der Waals surface area (Å²) in [7, 11) is 0. The van der Waals surface area contributed by atoms with Gasteiger partial charge in [0.15, 0.2) is 0 Å². The number of hydrogen-bond donors (Lipinski definition) is 0. The molecule has 0 radical (unpaired) electrons. The topological polar surface area (TPSA) is 9.23 Å². The lowest BCUT2D eigenvalue weighted by molar-refractivity contribution is 0.00645. The van der Waals surface area contributed by atoms with E-state index < -0.39 is 0 Å². The van der Waals surface area contributed by atoms with Crippen LogP contribution in [0, 0.1) is 17.8 Å². The lowest BCUT2D eigenvalue weighted by Crippen LogP contribution is -2.28. The monoisotopic (exact) mass is 306 g/mol. The molecule has 22 heavy (non-hydrogen) atoms. The molecule has 0 saturated heterocycles. The fourth-order valence-corrected chi connectivity index (χ4v) is 4.39. The van der Waals surface area contributed by atoms with Crippen LogP contribution in [0.3, 0.4) is 0 Å². The van der Waals surface area contributed by atoms with Crippen molar-refractivity contribution in [3.05, 3.63) is 12.2 Å². The number of unbranched alkanes of at least 4 members (excludes halogenated alkanes) is 2. The van der Waals surface area contributed by atoms with E-state index in [1.165, 1.54) is 77.0 Å². The maximum atomic E-state index is 6.02. The van der Waals surface area contributed by atoms with Crippen molar-refractivity contribution in [1.82, 2.24) is 0 Å². The normalized spacial score (nSPS) is 33.4. The minimum absolute atomic E-state index is 0.580. The Labute approximate surface area is 138 Å². The molecule has 0 aromatic rings. The van der Waals surface area contributed by atoms with Crippen LogP contribution in [-0.4, -0.2) is 12.7 Å². The van der Waals surface area contributed by atoms with Gasteiger partial charge in [0.05, 0.1) is 6.10 Å². The minimum atomic E-state index is 0.580. The zero-order valence-electron chi connectivity index (χ0n) is 15.1. The van der Waals surface area contributed by atoms with Crippen LogP contribution in [0.1, 0.15) is 90.9 Å². The fourth-order valence-electron chi connectivity index (χ4n) is 4.39. The van der Waals surface area contributed by atoms with Crippen molar-refractivity contribution >= 4 is 0 Å². The van der Waals surface area contributed by atoms with E-state index in [-0.39, 0.29) is 0 Å². The van der Waals surface area contributed by atoms with E-state index in [1.54, 1.807) is 0 Å². The fraction of sp³-hybridized carbons (Fsp3) is 0.905. The van der Waals surface area contributed by atoms with Crippen LogP contribution < -0.4 is 0 Å². The highest BCUT2D eigenvalue weighted by atomic mass is 16.5. The van der Waals surface area contributed by atoms with Gasteiger partial charge in [-0.05, 0) is 82.0 Å². The highest BCUT2D eigenvalue weighted by molar-refractivity contribution is 4.92. The summed E-state index contributed by atoms with van der Waals surface area (Å²) in [6.07, 6.45) is 21.9. The van der Waals surface area contributed by atoms with Crippen molar-refractivity contribution in [3.63, 3.8) is 0 Å². The highest BCUT2D eigenvalue weighted by Gasteiger charge is 2.30. The Bertz CT molecular complexity index is 293. The molecule has 0 aromatic heterocycles. The molecule has 0 aromatic carbocycles. The third-order valence-corrected chi connectivity index (χ3v) is 5.92. The van der Waals surface area contributed by atoms with Crippen molar-refractivity contribution in [3.8, 4) is 0 Å². The molecule has 0 N–H and O–H groups in total. The Morgan fingerprint density at radius 3 is 2.05 bits per heavy atom. The lowest BCUT2D eigenvalue weighted by Gasteiger charge is -2.37. The third-order valence-electron chi connectivity index (χ3n) is 5.92. The van der Waals surface area contributed by atoms with Crippen molar-refractivity contribution in [2.24, 2.45) is 17.8 Å². The molecule has 0 atom stereocenters. The molecule has 0 bridgehead atoms. The molecule has 128 valence electrons. The van der Waals surface area contributed by atoms with Crippen molar-refractivity contribution in [2.45, 2.75) is 97.0 Å². The van der Waals surface area contributed by atoms with E-state index in [1.807, 2.05) is 0 Å². The van der Waals surface area contributed by atoms with Crippen LogP contribution in [0.4, 0.5) is 0 Å². The Hall–Kier alpha value is -0.300. The van der Waals surface area contributed by atoms with Gasteiger partial charge in [-0.3, -0.25) is 0 Å². The van der Waals surface area contributed by atoms with E-state index >= 15 is 0 Å². The Balaban J connectivity index is 1.62. The SMILES string of the molecule is CCC/C=C/[C@H]1CC[C@H]([C@H]2CC[C@H](OCCCC)CC2)CC1.